The summed E-state index contributed by atoms with van der Waals surface area (Å²) in [6.45, 7) is 6.66. The molecule has 0 saturated carbocycles. The van der Waals surface area contributed by atoms with Crippen LogP contribution in [0.25, 0.3) is 17.0 Å². The molecule has 1 atom stereocenters. The molecule has 2 aromatic carbocycles. The quantitative estimate of drug-likeness (QED) is 0.578. The first-order valence-corrected chi connectivity index (χ1v) is 10.4. The van der Waals surface area contributed by atoms with Crippen molar-refractivity contribution in [1.82, 2.24) is 20.4 Å². The predicted molar refractivity (Wildman–Crippen MR) is 116 cm³/mol. The number of allylic oxidation sites excluding steroid dienone is 1. The fourth-order valence-electron chi connectivity index (χ4n) is 3.69. The third-order valence-electron chi connectivity index (χ3n) is 5.40. The summed E-state index contributed by atoms with van der Waals surface area (Å²) < 4.78 is 19.6. The van der Waals surface area contributed by atoms with Gasteiger partial charge in [-0.3, -0.25) is 4.90 Å². The van der Waals surface area contributed by atoms with Gasteiger partial charge in [-0.25, -0.2) is 9.18 Å². The first kappa shape index (κ1) is 20.8. The highest BCUT2D eigenvalue weighted by Gasteiger charge is 2.35. The van der Waals surface area contributed by atoms with Crippen LogP contribution in [0.1, 0.15) is 44.7 Å². The molecule has 6 nitrogen and oxygen atoms in total. The minimum Gasteiger partial charge on any atom is -0.334 e. The van der Waals surface area contributed by atoms with Crippen LogP contribution < -0.4 is 5.32 Å². The zero-order valence-corrected chi connectivity index (χ0v) is 17.8. The number of carbonyl (C=O) groups excluding carboxylic acids is 1. The highest BCUT2D eigenvalue weighted by Crippen LogP contribution is 2.37. The first-order valence-electron chi connectivity index (χ1n) is 10.4. The van der Waals surface area contributed by atoms with Gasteiger partial charge >= 0.3 is 6.03 Å². The normalized spacial score (nSPS) is 16.7. The Morgan fingerprint density at radius 1 is 1.16 bits per heavy atom. The number of amides is 2. The number of hydrogen-bond acceptors (Lipinski definition) is 4. The summed E-state index contributed by atoms with van der Waals surface area (Å²) in [5.74, 6) is 0.833. The molecule has 31 heavy (non-hydrogen) atoms. The van der Waals surface area contributed by atoms with Crippen LogP contribution in [0.2, 0.25) is 0 Å². The molecule has 2 amide bonds. The molecule has 1 aromatic heterocycles. The van der Waals surface area contributed by atoms with Crippen molar-refractivity contribution in [2.24, 2.45) is 5.92 Å². The van der Waals surface area contributed by atoms with Gasteiger partial charge in [-0.15, -0.1) is 0 Å². The average molecular weight is 420 g/mol. The van der Waals surface area contributed by atoms with Gasteiger partial charge in [0.25, 0.3) is 5.89 Å². The number of urea groups is 1. The SMILES string of the molecule is CC1=C(c2nc(-c3ccccc3)no2)C(c2cccc(F)c2)NC(=O)N1CCC(C)C. The van der Waals surface area contributed by atoms with Crippen LogP contribution in [-0.2, 0) is 0 Å². The summed E-state index contributed by atoms with van der Waals surface area (Å²) in [5.41, 5.74) is 2.84. The molecule has 2 heterocycles. The maximum atomic E-state index is 14.0. The van der Waals surface area contributed by atoms with Crippen molar-refractivity contribution in [1.29, 1.82) is 0 Å². The van der Waals surface area contributed by atoms with Crippen molar-refractivity contribution in [2.45, 2.75) is 33.2 Å². The third kappa shape index (κ3) is 4.35. The molecular weight excluding hydrogens is 395 g/mol. The van der Waals surface area contributed by atoms with Gasteiger partial charge in [0.1, 0.15) is 5.82 Å². The Morgan fingerprint density at radius 2 is 1.94 bits per heavy atom. The monoisotopic (exact) mass is 420 g/mol. The van der Waals surface area contributed by atoms with Gasteiger partial charge in [0.15, 0.2) is 0 Å². The molecule has 0 saturated heterocycles. The number of carbonyl (C=O) groups is 1. The van der Waals surface area contributed by atoms with Gasteiger partial charge in [0.2, 0.25) is 5.82 Å². The van der Waals surface area contributed by atoms with Crippen molar-refractivity contribution in [3.63, 3.8) is 0 Å². The van der Waals surface area contributed by atoms with E-state index in [2.05, 4.69) is 29.3 Å². The number of nitrogens with zero attached hydrogens (tertiary/aromatic N) is 3. The molecule has 3 aromatic rings. The van der Waals surface area contributed by atoms with Crippen LogP contribution >= 0.6 is 0 Å². The van der Waals surface area contributed by atoms with Gasteiger partial charge in [0, 0.05) is 17.8 Å². The lowest BCUT2D eigenvalue weighted by atomic mass is 9.94. The summed E-state index contributed by atoms with van der Waals surface area (Å²) in [7, 11) is 0. The molecule has 1 aliphatic heterocycles. The second kappa shape index (κ2) is 8.71. The molecule has 1 aliphatic rings. The van der Waals surface area contributed by atoms with E-state index in [1.807, 2.05) is 37.3 Å². The molecule has 0 radical (unpaired) electrons. The lowest BCUT2D eigenvalue weighted by Crippen LogP contribution is -2.46. The number of benzene rings is 2. The Morgan fingerprint density at radius 3 is 2.65 bits per heavy atom. The minimum atomic E-state index is -0.595. The highest BCUT2D eigenvalue weighted by atomic mass is 19.1. The Labute approximate surface area is 180 Å². The van der Waals surface area contributed by atoms with Crippen molar-refractivity contribution in [3.05, 3.63) is 77.6 Å². The Bertz CT molecular complexity index is 1110. The second-order valence-corrected chi connectivity index (χ2v) is 8.06. The molecular formula is C24H25FN4O2. The van der Waals surface area contributed by atoms with E-state index >= 15 is 0 Å². The average Bonchev–Trinajstić information content (AvgIpc) is 3.23. The van der Waals surface area contributed by atoms with Crippen molar-refractivity contribution in [3.8, 4) is 11.4 Å². The largest absolute Gasteiger partial charge is 0.334 e. The second-order valence-electron chi connectivity index (χ2n) is 8.06. The van der Waals surface area contributed by atoms with E-state index in [1.54, 1.807) is 17.0 Å². The van der Waals surface area contributed by atoms with Gasteiger partial charge in [-0.05, 0) is 37.0 Å². The smallest absolute Gasteiger partial charge is 0.322 e. The molecule has 160 valence electrons. The van der Waals surface area contributed by atoms with Crippen LogP contribution in [0.4, 0.5) is 9.18 Å². The van der Waals surface area contributed by atoms with Crippen molar-refractivity contribution >= 4 is 11.6 Å². The summed E-state index contributed by atoms with van der Waals surface area (Å²) >= 11 is 0. The summed E-state index contributed by atoms with van der Waals surface area (Å²) in [4.78, 5) is 19.2. The fraction of sp³-hybridized carbons (Fsp3) is 0.292. The van der Waals surface area contributed by atoms with Crippen LogP contribution in [0.5, 0.6) is 0 Å². The molecule has 0 aliphatic carbocycles. The highest BCUT2D eigenvalue weighted by molar-refractivity contribution is 5.86. The Hall–Kier alpha value is -3.48. The molecule has 0 fully saturated rings. The summed E-state index contributed by atoms with van der Waals surface area (Å²) in [6, 6.07) is 14.9. The topological polar surface area (TPSA) is 71.3 Å². The number of aromatic nitrogens is 2. The zero-order chi connectivity index (χ0) is 22.0. The lowest BCUT2D eigenvalue weighted by Gasteiger charge is -2.35. The van der Waals surface area contributed by atoms with E-state index < -0.39 is 6.04 Å². The Balaban J connectivity index is 1.79. The molecule has 1 N–H and O–H groups in total. The Kier molecular flexibility index (Phi) is 5.84. The number of nitrogens with one attached hydrogen (secondary N) is 1. The van der Waals surface area contributed by atoms with E-state index in [0.29, 0.717) is 35.3 Å². The van der Waals surface area contributed by atoms with Crippen molar-refractivity contribution < 1.29 is 13.7 Å². The van der Waals surface area contributed by atoms with Gasteiger partial charge in [0.05, 0.1) is 11.6 Å². The van der Waals surface area contributed by atoms with Crippen LogP contribution in [0, 0.1) is 11.7 Å². The van der Waals surface area contributed by atoms with E-state index in [-0.39, 0.29) is 11.8 Å². The van der Waals surface area contributed by atoms with Crippen LogP contribution in [0.3, 0.4) is 0 Å². The number of hydrogen-bond donors (Lipinski definition) is 1. The van der Waals surface area contributed by atoms with Gasteiger partial charge < -0.3 is 9.84 Å². The predicted octanol–water partition coefficient (Wildman–Crippen LogP) is 5.42. The third-order valence-corrected chi connectivity index (χ3v) is 5.40. The first-order chi connectivity index (χ1) is 14.9. The molecule has 0 spiro atoms. The molecule has 7 heteroatoms. The summed E-state index contributed by atoms with van der Waals surface area (Å²) in [6.07, 6.45) is 0.849. The zero-order valence-electron chi connectivity index (χ0n) is 17.8. The fourth-order valence-corrected chi connectivity index (χ4v) is 3.69. The molecule has 0 bridgehead atoms. The van der Waals surface area contributed by atoms with E-state index in [4.69, 9.17) is 4.52 Å². The van der Waals surface area contributed by atoms with Crippen molar-refractivity contribution in [2.75, 3.05) is 6.54 Å². The number of rotatable bonds is 6. The standard InChI is InChI=1S/C24H25FN4O2/c1-15(2)12-13-29-16(3)20(21(26-24(29)30)18-10-7-11-19(25)14-18)23-27-22(28-31-23)17-8-5-4-6-9-17/h4-11,14-15,21H,12-13H2,1-3H3,(H,26,30). The summed E-state index contributed by atoms with van der Waals surface area (Å²) in [5, 5.41) is 7.13. The van der Waals surface area contributed by atoms with Gasteiger partial charge in [-0.1, -0.05) is 61.5 Å². The molecule has 4 rings (SSSR count). The van der Waals surface area contributed by atoms with E-state index in [0.717, 1.165) is 17.7 Å². The number of halogens is 1. The lowest BCUT2D eigenvalue weighted by molar-refractivity contribution is 0.202. The van der Waals surface area contributed by atoms with E-state index in [9.17, 15) is 9.18 Å². The minimum absolute atomic E-state index is 0.223. The van der Waals surface area contributed by atoms with E-state index in [1.165, 1.54) is 12.1 Å². The van der Waals surface area contributed by atoms with Gasteiger partial charge in [-0.2, -0.15) is 4.98 Å². The van der Waals surface area contributed by atoms with Crippen LogP contribution in [-0.4, -0.2) is 27.6 Å². The maximum Gasteiger partial charge on any atom is 0.322 e. The maximum absolute atomic E-state index is 14.0. The van der Waals surface area contributed by atoms with Crippen LogP contribution in [0.15, 0.2) is 64.8 Å². The molecule has 1 unspecified atom stereocenters.